The number of imidazole rings is 1. The molecule has 2 aromatic carbocycles. The number of aliphatic hydroxyl groups is 1. The Hall–Kier alpha value is -3.65. The average molecular weight is 476 g/mol. The van der Waals surface area contributed by atoms with Crippen molar-refractivity contribution in [1.82, 2.24) is 19.4 Å². The van der Waals surface area contributed by atoms with E-state index in [-0.39, 0.29) is 11.9 Å². The van der Waals surface area contributed by atoms with Crippen molar-refractivity contribution in [1.29, 1.82) is 0 Å². The number of aryl methyl sites for hydroxylation is 1. The maximum Gasteiger partial charge on any atom is 0.204 e. The summed E-state index contributed by atoms with van der Waals surface area (Å²) in [6.45, 7) is 5.77. The van der Waals surface area contributed by atoms with Gasteiger partial charge in [-0.15, -0.1) is 0 Å². The van der Waals surface area contributed by atoms with Gasteiger partial charge in [0.2, 0.25) is 5.96 Å². The Kier molecular flexibility index (Phi) is 6.30. The van der Waals surface area contributed by atoms with E-state index in [1.165, 1.54) is 12.1 Å². The largest absolute Gasteiger partial charge is 0.495 e. The fourth-order valence-electron chi connectivity index (χ4n) is 4.87. The van der Waals surface area contributed by atoms with E-state index >= 15 is 0 Å². The van der Waals surface area contributed by atoms with Crippen LogP contribution in [0.1, 0.15) is 42.6 Å². The number of hydrogen-bond acceptors (Lipinski definition) is 6. The van der Waals surface area contributed by atoms with Crippen LogP contribution in [0.5, 0.6) is 5.75 Å². The Morgan fingerprint density at radius 3 is 2.69 bits per heavy atom. The molecule has 1 saturated heterocycles. The van der Waals surface area contributed by atoms with Crippen LogP contribution < -0.4 is 4.74 Å². The lowest BCUT2D eigenvalue weighted by Gasteiger charge is -2.43. The molecule has 2 aliphatic heterocycles. The predicted octanol–water partition coefficient (Wildman–Crippen LogP) is 4.52. The summed E-state index contributed by atoms with van der Waals surface area (Å²) in [6.07, 6.45) is 6.50. The molecule has 3 heterocycles. The van der Waals surface area contributed by atoms with E-state index in [0.29, 0.717) is 11.4 Å². The maximum absolute atomic E-state index is 13.5. The molecule has 7 nitrogen and oxygen atoms in total. The molecule has 5 rings (SSSR count). The van der Waals surface area contributed by atoms with Gasteiger partial charge in [0, 0.05) is 19.3 Å². The smallest absolute Gasteiger partial charge is 0.204 e. The molecule has 0 saturated carbocycles. The van der Waals surface area contributed by atoms with Crippen molar-refractivity contribution >= 4 is 12.0 Å². The SMILES string of the molecule is CCCN1CCC(c2ccc(F)cc2)N2C1=N/C(=C\c1ccc(-n3cnc(C)c3)c(OC)c1)C2O. The number of aromatic nitrogens is 2. The second-order valence-electron chi connectivity index (χ2n) is 8.96. The van der Waals surface area contributed by atoms with Crippen molar-refractivity contribution in [2.45, 2.75) is 39.0 Å². The van der Waals surface area contributed by atoms with E-state index in [1.54, 1.807) is 25.6 Å². The van der Waals surface area contributed by atoms with Crippen molar-refractivity contribution < 1.29 is 14.2 Å². The minimum Gasteiger partial charge on any atom is -0.495 e. The number of fused-ring (bicyclic) bond motifs is 1. The van der Waals surface area contributed by atoms with Crippen LogP contribution in [-0.4, -0.2) is 56.8 Å². The van der Waals surface area contributed by atoms with Crippen LogP contribution in [-0.2, 0) is 0 Å². The molecule has 8 heteroatoms. The molecule has 35 heavy (non-hydrogen) atoms. The van der Waals surface area contributed by atoms with Crippen LogP contribution in [0.4, 0.5) is 4.39 Å². The van der Waals surface area contributed by atoms with E-state index in [2.05, 4.69) is 16.8 Å². The first-order chi connectivity index (χ1) is 17.0. The third kappa shape index (κ3) is 4.41. The average Bonchev–Trinajstić information content (AvgIpc) is 3.44. The van der Waals surface area contributed by atoms with E-state index in [0.717, 1.165) is 54.4 Å². The summed E-state index contributed by atoms with van der Waals surface area (Å²) in [5.41, 5.74) is 4.23. The van der Waals surface area contributed by atoms with Gasteiger partial charge in [0.05, 0.1) is 36.6 Å². The molecule has 2 aliphatic rings. The quantitative estimate of drug-likeness (QED) is 0.568. The van der Waals surface area contributed by atoms with E-state index < -0.39 is 6.23 Å². The number of benzene rings is 2. The highest BCUT2D eigenvalue weighted by Gasteiger charge is 2.42. The molecule has 0 spiro atoms. The number of rotatable bonds is 6. The number of guanidine groups is 1. The fraction of sp³-hybridized carbons (Fsp3) is 0.333. The number of methoxy groups -OCH3 is 1. The summed E-state index contributed by atoms with van der Waals surface area (Å²) in [7, 11) is 1.64. The Morgan fingerprint density at radius 1 is 1.20 bits per heavy atom. The summed E-state index contributed by atoms with van der Waals surface area (Å²) in [4.78, 5) is 13.3. The second kappa shape index (κ2) is 9.54. The third-order valence-corrected chi connectivity index (χ3v) is 6.54. The van der Waals surface area contributed by atoms with Gasteiger partial charge >= 0.3 is 0 Å². The number of ether oxygens (including phenoxy) is 1. The van der Waals surface area contributed by atoms with Crippen LogP contribution >= 0.6 is 0 Å². The van der Waals surface area contributed by atoms with Gasteiger partial charge in [0.25, 0.3) is 0 Å². The molecule has 0 amide bonds. The van der Waals surface area contributed by atoms with Gasteiger partial charge in [0.15, 0.2) is 6.23 Å². The van der Waals surface area contributed by atoms with Crippen LogP contribution in [0.3, 0.4) is 0 Å². The van der Waals surface area contributed by atoms with Gasteiger partial charge in [-0.2, -0.15) is 0 Å². The Balaban J connectivity index is 1.49. The molecule has 0 radical (unpaired) electrons. The lowest BCUT2D eigenvalue weighted by molar-refractivity contribution is 0.0392. The topological polar surface area (TPSA) is 66.1 Å². The number of halogens is 1. The number of hydrogen-bond donors (Lipinski definition) is 1. The van der Waals surface area contributed by atoms with Crippen molar-refractivity contribution in [3.05, 3.63) is 83.3 Å². The Bertz CT molecular complexity index is 1270. The molecule has 2 unspecified atom stereocenters. The number of nitrogens with zero attached hydrogens (tertiary/aromatic N) is 5. The van der Waals surface area contributed by atoms with Crippen LogP contribution in [0, 0.1) is 12.7 Å². The first kappa shape index (κ1) is 23.1. The molecule has 0 bridgehead atoms. The van der Waals surface area contributed by atoms with Crippen LogP contribution in [0.25, 0.3) is 11.8 Å². The molecular formula is C27H30FN5O2. The summed E-state index contributed by atoms with van der Waals surface area (Å²) >= 11 is 0. The predicted molar refractivity (Wildman–Crippen MR) is 134 cm³/mol. The third-order valence-electron chi connectivity index (χ3n) is 6.54. The van der Waals surface area contributed by atoms with Gasteiger partial charge in [-0.3, -0.25) is 0 Å². The molecule has 182 valence electrons. The van der Waals surface area contributed by atoms with Gasteiger partial charge in [-0.25, -0.2) is 14.4 Å². The lowest BCUT2D eigenvalue weighted by atomic mass is 9.99. The van der Waals surface area contributed by atoms with Crippen molar-refractivity contribution in [2.24, 2.45) is 4.99 Å². The van der Waals surface area contributed by atoms with Crippen LogP contribution in [0.15, 0.2) is 65.7 Å². The minimum atomic E-state index is -0.901. The first-order valence-electron chi connectivity index (χ1n) is 11.9. The van der Waals surface area contributed by atoms with Gasteiger partial charge < -0.3 is 24.2 Å². The van der Waals surface area contributed by atoms with E-state index in [4.69, 9.17) is 9.73 Å². The number of aliphatic hydroxyl groups excluding tert-OH is 1. The number of aliphatic imine (C=N–C) groups is 1. The molecular weight excluding hydrogens is 445 g/mol. The van der Waals surface area contributed by atoms with Crippen molar-refractivity contribution in [2.75, 3.05) is 20.2 Å². The highest BCUT2D eigenvalue weighted by atomic mass is 19.1. The molecule has 1 N–H and O–H groups in total. The zero-order valence-electron chi connectivity index (χ0n) is 20.2. The summed E-state index contributed by atoms with van der Waals surface area (Å²) in [5.74, 6) is 1.20. The van der Waals surface area contributed by atoms with Gasteiger partial charge in [0.1, 0.15) is 11.6 Å². The molecule has 0 aliphatic carbocycles. The van der Waals surface area contributed by atoms with E-state index in [1.807, 2.05) is 46.9 Å². The monoisotopic (exact) mass is 475 g/mol. The normalized spacial score (nSPS) is 20.8. The zero-order chi connectivity index (χ0) is 24.5. The first-order valence-corrected chi connectivity index (χ1v) is 11.9. The molecule has 1 fully saturated rings. The van der Waals surface area contributed by atoms with E-state index in [9.17, 15) is 9.50 Å². The summed E-state index contributed by atoms with van der Waals surface area (Å²) < 4.78 is 21.1. The minimum absolute atomic E-state index is 0.0789. The highest BCUT2D eigenvalue weighted by Crippen LogP contribution is 2.38. The zero-order valence-corrected chi connectivity index (χ0v) is 20.2. The van der Waals surface area contributed by atoms with Crippen molar-refractivity contribution in [3.63, 3.8) is 0 Å². The highest BCUT2D eigenvalue weighted by molar-refractivity contribution is 5.86. The fourth-order valence-corrected chi connectivity index (χ4v) is 4.87. The van der Waals surface area contributed by atoms with Crippen molar-refractivity contribution in [3.8, 4) is 11.4 Å². The van der Waals surface area contributed by atoms with Crippen LogP contribution in [0.2, 0.25) is 0 Å². The lowest BCUT2D eigenvalue weighted by Crippen LogP contribution is -2.52. The molecule has 3 aromatic rings. The summed E-state index contributed by atoms with van der Waals surface area (Å²) in [6, 6.07) is 12.3. The Morgan fingerprint density at radius 2 is 2.00 bits per heavy atom. The maximum atomic E-state index is 13.5. The second-order valence-corrected chi connectivity index (χ2v) is 8.96. The standard InChI is InChI=1S/C27H30FN5O2/c1-4-12-31-13-11-23(20-6-8-21(28)9-7-20)33-26(34)22(30-27(31)33)14-19-5-10-24(25(15-19)35-3)32-16-18(2)29-17-32/h5-10,14-17,23,26,34H,4,11-13H2,1-3H3/b22-14-. The van der Waals surface area contributed by atoms with Gasteiger partial charge in [-0.05, 0) is 61.2 Å². The van der Waals surface area contributed by atoms with Gasteiger partial charge in [-0.1, -0.05) is 25.1 Å². The summed E-state index contributed by atoms with van der Waals surface area (Å²) in [5, 5.41) is 11.4. The molecule has 1 aromatic heterocycles. The Labute approximate surface area is 204 Å². The molecule has 2 atom stereocenters.